The number of thiazole rings is 1. The first kappa shape index (κ1) is 17.5. The second kappa shape index (κ2) is 8.54. The zero-order valence-corrected chi connectivity index (χ0v) is 12.4. The van der Waals surface area contributed by atoms with Gasteiger partial charge in [-0.1, -0.05) is 11.3 Å². The molecule has 1 aromatic heterocycles. The summed E-state index contributed by atoms with van der Waals surface area (Å²) in [5.74, 6) is 0. The van der Waals surface area contributed by atoms with Crippen LogP contribution in [-0.4, -0.2) is 31.3 Å². The summed E-state index contributed by atoms with van der Waals surface area (Å²) in [5.41, 5.74) is 3.41. The Morgan fingerprint density at radius 1 is 1.44 bits per heavy atom. The average molecular weight is 298 g/mol. The van der Waals surface area contributed by atoms with Crippen molar-refractivity contribution in [3.8, 4) is 0 Å². The van der Waals surface area contributed by atoms with Crippen molar-refractivity contribution in [3.05, 3.63) is 16.1 Å². The summed E-state index contributed by atoms with van der Waals surface area (Å²) in [6.45, 7) is 6.94. The van der Waals surface area contributed by atoms with Crippen LogP contribution in [0.25, 0.3) is 0 Å². The molecule has 0 bridgehead atoms. The van der Waals surface area contributed by atoms with E-state index in [1.54, 1.807) is 11.3 Å². The lowest BCUT2D eigenvalue weighted by molar-refractivity contribution is -0.694. The van der Waals surface area contributed by atoms with Crippen LogP contribution >= 0.6 is 11.3 Å². The van der Waals surface area contributed by atoms with Gasteiger partial charge in [-0.15, -0.1) is 0 Å². The van der Waals surface area contributed by atoms with Gasteiger partial charge in [-0.3, -0.25) is 4.55 Å². The minimum atomic E-state index is -4.17. The summed E-state index contributed by atoms with van der Waals surface area (Å²) in [7, 11) is -4.17. The van der Waals surface area contributed by atoms with E-state index in [1.807, 2.05) is 0 Å². The van der Waals surface area contributed by atoms with Gasteiger partial charge in [-0.25, -0.2) is 4.18 Å². The van der Waals surface area contributed by atoms with Gasteiger partial charge in [0.2, 0.25) is 5.51 Å². The van der Waals surface area contributed by atoms with Crippen molar-refractivity contribution in [2.75, 3.05) is 13.2 Å². The third-order valence-corrected chi connectivity index (χ3v) is 3.78. The second-order valence-electron chi connectivity index (χ2n) is 3.33. The van der Waals surface area contributed by atoms with Gasteiger partial charge in [0.25, 0.3) is 0 Å². The summed E-state index contributed by atoms with van der Waals surface area (Å²) in [6, 6.07) is 0. The minimum absolute atomic E-state index is 0.0289. The number of nitrogens with zero attached hydrogens (tertiary/aromatic N) is 1. The average Bonchev–Trinajstić information content (AvgIpc) is 2.60. The highest BCUT2D eigenvalue weighted by Gasteiger charge is 2.11. The van der Waals surface area contributed by atoms with E-state index in [0.29, 0.717) is 0 Å². The van der Waals surface area contributed by atoms with Crippen molar-refractivity contribution in [1.82, 2.24) is 0 Å². The second-order valence-corrected chi connectivity index (χ2v) is 5.36. The standard InChI is InChI=1S/C8H14NOS.C2H6O4S/c1-3-9-6-11-8(4-5-10)7(9)2;1-2-6-7(3,4)5/h6,10H,3-5H2,1-2H3;2H2,1H3,(H,3,4,5)/q+1;. The van der Waals surface area contributed by atoms with Crippen LogP contribution in [0.15, 0.2) is 5.51 Å². The minimum Gasteiger partial charge on any atom is -0.396 e. The van der Waals surface area contributed by atoms with Gasteiger partial charge in [-0.05, 0) is 13.8 Å². The van der Waals surface area contributed by atoms with E-state index < -0.39 is 10.4 Å². The van der Waals surface area contributed by atoms with Gasteiger partial charge in [0.1, 0.15) is 6.54 Å². The first-order valence-corrected chi connectivity index (χ1v) is 7.79. The molecule has 18 heavy (non-hydrogen) atoms. The molecule has 0 aliphatic rings. The Bertz CT molecular complexity index is 441. The summed E-state index contributed by atoms with van der Waals surface area (Å²) >= 11 is 1.73. The molecule has 0 fully saturated rings. The number of aliphatic hydroxyl groups is 1. The number of aromatic nitrogens is 1. The highest BCUT2D eigenvalue weighted by molar-refractivity contribution is 7.80. The molecular weight excluding hydrogens is 278 g/mol. The van der Waals surface area contributed by atoms with E-state index in [2.05, 4.69) is 28.1 Å². The highest BCUT2D eigenvalue weighted by atomic mass is 32.3. The Morgan fingerprint density at radius 3 is 2.33 bits per heavy atom. The lowest BCUT2D eigenvalue weighted by Gasteiger charge is -1.90. The van der Waals surface area contributed by atoms with Crippen LogP contribution < -0.4 is 4.57 Å². The van der Waals surface area contributed by atoms with Gasteiger partial charge >= 0.3 is 10.4 Å². The predicted molar refractivity (Wildman–Crippen MR) is 68.9 cm³/mol. The smallest absolute Gasteiger partial charge is 0.396 e. The fourth-order valence-corrected chi connectivity index (χ4v) is 2.61. The monoisotopic (exact) mass is 298 g/mol. The molecule has 0 aliphatic carbocycles. The van der Waals surface area contributed by atoms with Crippen LogP contribution in [0.2, 0.25) is 0 Å². The normalized spacial score (nSPS) is 10.9. The van der Waals surface area contributed by atoms with Crippen LogP contribution in [0.3, 0.4) is 0 Å². The summed E-state index contributed by atoms with van der Waals surface area (Å²) in [6.07, 6.45) is 0.795. The SMILES string of the molecule is CCOS(=O)(=O)O.CC[n+]1csc(CCO)c1C. The van der Waals surface area contributed by atoms with Crippen LogP contribution in [-0.2, 0) is 27.5 Å². The van der Waals surface area contributed by atoms with E-state index in [9.17, 15) is 8.42 Å². The van der Waals surface area contributed by atoms with Crippen molar-refractivity contribution in [2.45, 2.75) is 33.7 Å². The molecule has 2 N–H and O–H groups in total. The van der Waals surface area contributed by atoms with Gasteiger partial charge in [0.05, 0.1) is 11.5 Å². The Labute approximate surface area is 112 Å². The lowest BCUT2D eigenvalue weighted by atomic mass is 10.3. The molecule has 0 aliphatic heterocycles. The molecule has 0 aromatic carbocycles. The number of aliphatic hydroxyl groups excluding tert-OH is 1. The Morgan fingerprint density at radius 2 is 2.06 bits per heavy atom. The van der Waals surface area contributed by atoms with Crippen LogP contribution in [0.5, 0.6) is 0 Å². The molecule has 0 radical (unpaired) electrons. The first-order valence-electron chi connectivity index (χ1n) is 5.54. The Hall–Kier alpha value is -0.540. The largest absolute Gasteiger partial charge is 0.397 e. The van der Waals surface area contributed by atoms with E-state index >= 15 is 0 Å². The Balaban J connectivity index is 0.000000360. The topological polar surface area (TPSA) is 87.7 Å². The van der Waals surface area contributed by atoms with Gasteiger partial charge in [0.15, 0.2) is 5.69 Å². The molecule has 1 rings (SSSR count). The molecule has 0 saturated carbocycles. The predicted octanol–water partition coefficient (Wildman–Crippen LogP) is 0.724. The zero-order chi connectivity index (χ0) is 14.2. The van der Waals surface area contributed by atoms with Crippen molar-refractivity contribution < 1.29 is 26.8 Å². The zero-order valence-electron chi connectivity index (χ0n) is 10.8. The highest BCUT2D eigenvalue weighted by Crippen LogP contribution is 2.10. The van der Waals surface area contributed by atoms with Crippen LogP contribution in [0.1, 0.15) is 24.4 Å². The van der Waals surface area contributed by atoms with Gasteiger partial charge in [0, 0.05) is 20.0 Å². The summed E-state index contributed by atoms with van der Waals surface area (Å²) in [5, 5.41) is 8.72. The van der Waals surface area contributed by atoms with E-state index in [1.165, 1.54) is 17.5 Å². The fraction of sp³-hybridized carbons (Fsp3) is 0.700. The lowest BCUT2D eigenvalue weighted by Crippen LogP contribution is -2.32. The number of aryl methyl sites for hydroxylation is 1. The number of hydrogen-bond acceptors (Lipinski definition) is 5. The van der Waals surface area contributed by atoms with E-state index in [-0.39, 0.29) is 13.2 Å². The third kappa shape index (κ3) is 7.02. The maximum Gasteiger partial charge on any atom is 0.397 e. The molecule has 1 heterocycles. The van der Waals surface area contributed by atoms with Crippen molar-refractivity contribution in [2.24, 2.45) is 0 Å². The molecule has 0 atom stereocenters. The van der Waals surface area contributed by atoms with Crippen molar-refractivity contribution in [3.63, 3.8) is 0 Å². The van der Waals surface area contributed by atoms with Crippen LogP contribution in [0, 0.1) is 6.92 Å². The van der Waals surface area contributed by atoms with Crippen molar-refractivity contribution >= 4 is 21.7 Å². The number of rotatable bonds is 5. The third-order valence-electron chi connectivity index (χ3n) is 2.10. The maximum absolute atomic E-state index is 9.56. The molecule has 8 heteroatoms. The molecule has 0 unspecified atom stereocenters. The molecule has 0 amide bonds. The van der Waals surface area contributed by atoms with Gasteiger partial charge < -0.3 is 5.11 Å². The summed E-state index contributed by atoms with van der Waals surface area (Å²) in [4.78, 5) is 1.30. The number of hydrogen-bond donors (Lipinski definition) is 2. The molecule has 6 nitrogen and oxygen atoms in total. The molecule has 0 saturated heterocycles. The van der Waals surface area contributed by atoms with E-state index in [4.69, 9.17) is 9.66 Å². The quantitative estimate of drug-likeness (QED) is 0.618. The Kier molecular flexibility index (Phi) is 8.29. The molecule has 1 aromatic rings. The maximum atomic E-state index is 9.56. The summed E-state index contributed by atoms with van der Waals surface area (Å²) < 4.78 is 32.9. The molecule has 0 spiro atoms. The van der Waals surface area contributed by atoms with E-state index in [0.717, 1.165) is 13.0 Å². The first-order chi connectivity index (χ1) is 8.35. The molecular formula is C10H20NO5S2+. The van der Waals surface area contributed by atoms with Crippen LogP contribution in [0.4, 0.5) is 0 Å². The van der Waals surface area contributed by atoms with Gasteiger partial charge in [-0.2, -0.15) is 13.0 Å². The van der Waals surface area contributed by atoms with Crippen molar-refractivity contribution in [1.29, 1.82) is 0 Å². The molecule has 106 valence electrons. The fourth-order valence-electron chi connectivity index (χ4n) is 1.25.